The molecule has 8 heteroatoms. The number of hydrogen-bond donors (Lipinski definition) is 3. The molecule has 3 N–H and O–H groups in total. The van der Waals surface area contributed by atoms with Crippen molar-refractivity contribution in [3.63, 3.8) is 0 Å². The number of halogens is 2. The minimum Gasteiger partial charge on any atom is -0.506 e. The summed E-state index contributed by atoms with van der Waals surface area (Å²) < 4.78 is 15.9. The van der Waals surface area contributed by atoms with Crippen molar-refractivity contribution in [1.29, 1.82) is 0 Å². The number of hydrogen-bond acceptors (Lipinski definition) is 4. The van der Waals surface area contributed by atoms with Crippen molar-refractivity contribution < 1.29 is 24.5 Å². The van der Waals surface area contributed by atoms with Crippen molar-refractivity contribution in [1.82, 2.24) is 4.57 Å². The van der Waals surface area contributed by atoms with Gasteiger partial charge in [-0.1, -0.05) is 54.1 Å². The van der Waals surface area contributed by atoms with Crippen molar-refractivity contribution >= 4 is 28.5 Å². The number of fused-ring (bicyclic) bond motifs is 1. The maximum Gasteiger partial charge on any atom is 0.341 e. The van der Waals surface area contributed by atoms with Crippen molar-refractivity contribution in [2.75, 3.05) is 6.61 Å². The van der Waals surface area contributed by atoms with E-state index in [2.05, 4.69) is 0 Å². The third-order valence-corrected chi connectivity index (χ3v) is 6.33. The zero-order valence-corrected chi connectivity index (χ0v) is 19.4. The lowest BCUT2D eigenvalue weighted by Gasteiger charge is -2.22. The number of aliphatic hydroxyl groups excluding tert-OH is 1. The summed E-state index contributed by atoms with van der Waals surface area (Å²) in [4.78, 5) is 24.9. The maximum absolute atomic E-state index is 14.4. The number of aromatic nitrogens is 1. The van der Waals surface area contributed by atoms with Crippen LogP contribution >= 0.6 is 11.6 Å². The summed E-state index contributed by atoms with van der Waals surface area (Å²) in [5.74, 6) is -2.30. The molecule has 0 radical (unpaired) electrons. The molecule has 4 aromatic rings. The number of rotatable bonds is 8. The van der Waals surface area contributed by atoms with E-state index >= 15 is 0 Å². The monoisotopic (exact) mass is 495 g/mol. The number of aromatic carboxylic acids is 1. The van der Waals surface area contributed by atoms with E-state index in [1.54, 1.807) is 12.1 Å². The molecule has 3 aromatic carbocycles. The normalized spacial score (nSPS) is 12.1. The Kier molecular flexibility index (Phi) is 7.19. The lowest BCUT2D eigenvalue weighted by molar-refractivity contribution is 0.0694. The molecule has 0 unspecified atom stereocenters. The molecule has 0 saturated heterocycles. The molecule has 0 saturated carbocycles. The van der Waals surface area contributed by atoms with Gasteiger partial charge < -0.3 is 19.9 Å². The highest BCUT2D eigenvalue weighted by Gasteiger charge is 2.22. The van der Waals surface area contributed by atoms with E-state index in [9.17, 15) is 29.3 Å². The van der Waals surface area contributed by atoms with E-state index in [4.69, 9.17) is 11.6 Å². The van der Waals surface area contributed by atoms with Crippen LogP contribution in [0.1, 0.15) is 39.5 Å². The van der Waals surface area contributed by atoms with Gasteiger partial charge >= 0.3 is 5.97 Å². The Bertz CT molecular complexity index is 1450. The van der Waals surface area contributed by atoms with Crippen LogP contribution < -0.4 is 5.43 Å². The number of phenolic OH excluding ortho intramolecular Hbond substituents is 1. The second-order valence-corrected chi connectivity index (χ2v) is 8.75. The highest BCUT2D eigenvalue weighted by molar-refractivity contribution is 6.30. The average Bonchev–Trinajstić information content (AvgIpc) is 2.84. The summed E-state index contributed by atoms with van der Waals surface area (Å²) in [6.45, 7) is -0.335. The minimum absolute atomic E-state index is 0.0273. The fourth-order valence-corrected chi connectivity index (χ4v) is 4.47. The Morgan fingerprint density at radius 1 is 1.06 bits per heavy atom. The smallest absolute Gasteiger partial charge is 0.341 e. The van der Waals surface area contributed by atoms with Crippen LogP contribution in [-0.2, 0) is 12.8 Å². The summed E-state index contributed by atoms with van der Waals surface area (Å²) in [7, 11) is 0. The van der Waals surface area contributed by atoms with E-state index in [-0.39, 0.29) is 40.3 Å². The zero-order chi connectivity index (χ0) is 25.1. The van der Waals surface area contributed by atoms with Crippen LogP contribution in [0.2, 0.25) is 5.02 Å². The van der Waals surface area contributed by atoms with Gasteiger partial charge in [-0.05, 0) is 47.7 Å². The second kappa shape index (κ2) is 10.3. The molecule has 0 amide bonds. The first-order valence-corrected chi connectivity index (χ1v) is 11.4. The molecular weight excluding hydrogens is 473 g/mol. The van der Waals surface area contributed by atoms with Gasteiger partial charge in [0.05, 0.1) is 28.6 Å². The highest BCUT2D eigenvalue weighted by atomic mass is 35.5. The van der Waals surface area contributed by atoms with Crippen LogP contribution in [0.4, 0.5) is 4.39 Å². The van der Waals surface area contributed by atoms with Crippen LogP contribution in [0.15, 0.2) is 71.7 Å². The topological polar surface area (TPSA) is 99.8 Å². The molecule has 0 spiro atoms. The predicted octanol–water partition coefficient (Wildman–Crippen LogP) is 4.95. The molecule has 6 nitrogen and oxygen atoms in total. The Morgan fingerprint density at radius 3 is 2.49 bits per heavy atom. The second-order valence-electron chi connectivity index (χ2n) is 8.35. The molecular formula is C27H23ClFNO5. The van der Waals surface area contributed by atoms with Gasteiger partial charge in [0.15, 0.2) is 0 Å². The molecule has 1 aromatic heterocycles. The van der Waals surface area contributed by atoms with Gasteiger partial charge in [-0.3, -0.25) is 4.79 Å². The molecule has 180 valence electrons. The summed E-state index contributed by atoms with van der Waals surface area (Å²) in [5, 5.41) is 30.6. The third kappa shape index (κ3) is 5.06. The van der Waals surface area contributed by atoms with Crippen molar-refractivity contribution in [3.05, 3.63) is 110 Å². The molecule has 4 rings (SSSR count). The van der Waals surface area contributed by atoms with Crippen molar-refractivity contribution in [2.24, 2.45) is 0 Å². The number of nitrogens with zero attached hydrogens (tertiary/aromatic N) is 1. The van der Waals surface area contributed by atoms with Crippen LogP contribution in [0.5, 0.6) is 5.75 Å². The third-order valence-electron chi connectivity index (χ3n) is 6.03. The maximum atomic E-state index is 14.4. The van der Waals surface area contributed by atoms with Crippen LogP contribution in [0.3, 0.4) is 0 Å². The molecule has 0 aliphatic heterocycles. The Labute approximate surface area is 205 Å². The number of aromatic hydroxyl groups is 1. The number of carbonyl (C=O) groups is 1. The first kappa shape index (κ1) is 24.4. The lowest BCUT2D eigenvalue weighted by Crippen LogP contribution is -2.23. The fraction of sp³-hybridized carbons (Fsp3) is 0.185. The lowest BCUT2D eigenvalue weighted by atomic mass is 9.99. The van der Waals surface area contributed by atoms with Gasteiger partial charge in [0.25, 0.3) is 0 Å². The standard InChI is InChI=1S/C27H23ClFNO5/c28-22-8-4-7-18(24(22)29)11-17-12-20-25(23(32)13-17)30(14-21(26(20)33)27(34)35)19(15-31)10-9-16-5-2-1-3-6-16/h1-8,12-14,19,31-32H,9-11,15H2,(H,34,35)/t19-/m0/s1. The molecule has 1 heterocycles. The molecule has 0 fully saturated rings. The van der Waals surface area contributed by atoms with Crippen molar-refractivity contribution in [2.45, 2.75) is 25.3 Å². The molecule has 0 aliphatic rings. The van der Waals surface area contributed by atoms with Gasteiger partial charge in [0.2, 0.25) is 5.43 Å². The van der Waals surface area contributed by atoms with Crippen molar-refractivity contribution in [3.8, 4) is 5.75 Å². The van der Waals surface area contributed by atoms with E-state index in [1.165, 1.54) is 22.8 Å². The summed E-state index contributed by atoms with van der Waals surface area (Å²) in [5.41, 5.74) is 0.565. The Morgan fingerprint density at radius 2 is 1.80 bits per heavy atom. The minimum atomic E-state index is -1.42. The quantitative estimate of drug-likeness (QED) is 0.321. The predicted molar refractivity (Wildman–Crippen MR) is 132 cm³/mol. The summed E-state index contributed by atoms with van der Waals surface area (Å²) in [6, 6.07) is 16.4. The Balaban J connectivity index is 1.83. The largest absolute Gasteiger partial charge is 0.506 e. The molecule has 1 atom stereocenters. The molecule has 0 bridgehead atoms. The van der Waals surface area contributed by atoms with Gasteiger partial charge in [0, 0.05) is 12.6 Å². The number of carboxylic acid groups (broad SMARTS) is 1. The summed E-state index contributed by atoms with van der Waals surface area (Å²) >= 11 is 5.87. The van der Waals surface area contributed by atoms with E-state index in [0.717, 1.165) is 11.8 Å². The van der Waals surface area contributed by atoms with E-state index in [1.807, 2.05) is 30.3 Å². The van der Waals surface area contributed by atoms with Crippen LogP contribution in [0, 0.1) is 5.82 Å². The fourth-order valence-electron chi connectivity index (χ4n) is 4.27. The average molecular weight is 496 g/mol. The van der Waals surface area contributed by atoms with Gasteiger partial charge in [-0.15, -0.1) is 0 Å². The molecule has 0 aliphatic carbocycles. The van der Waals surface area contributed by atoms with Crippen LogP contribution in [-0.4, -0.2) is 32.5 Å². The SMILES string of the molecule is O=C(O)c1cn([C@H](CO)CCc2ccccc2)c2c(O)cc(Cc3cccc(Cl)c3F)cc2c1=O. The molecule has 35 heavy (non-hydrogen) atoms. The number of phenols is 1. The zero-order valence-electron chi connectivity index (χ0n) is 18.6. The number of pyridine rings is 1. The number of aryl methyl sites for hydroxylation is 1. The number of aliphatic hydroxyl groups is 1. The number of benzene rings is 3. The van der Waals surface area contributed by atoms with E-state index < -0.39 is 28.8 Å². The Hall–Kier alpha value is -3.68. The van der Waals surface area contributed by atoms with E-state index in [0.29, 0.717) is 18.4 Å². The number of carboxylic acids is 1. The first-order valence-electron chi connectivity index (χ1n) is 11.0. The van der Waals surface area contributed by atoms with Crippen LogP contribution in [0.25, 0.3) is 10.9 Å². The highest BCUT2D eigenvalue weighted by Crippen LogP contribution is 2.31. The van der Waals surface area contributed by atoms with Gasteiger partial charge in [-0.25, -0.2) is 9.18 Å². The van der Waals surface area contributed by atoms with Gasteiger partial charge in [-0.2, -0.15) is 0 Å². The van der Waals surface area contributed by atoms with Gasteiger partial charge in [0.1, 0.15) is 17.1 Å². The first-order chi connectivity index (χ1) is 16.8. The summed E-state index contributed by atoms with van der Waals surface area (Å²) in [6.07, 6.45) is 2.22.